The average Bonchev–Trinajstić information content (AvgIpc) is 2.02. The summed E-state index contributed by atoms with van der Waals surface area (Å²) in [5.74, 6) is 0.711. The van der Waals surface area contributed by atoms with Gasteiger partial charge < -0.3 is 4.74 Å². The van der Waals surface area contributed by atoms with Crippen LogP contribution in [0.15, 0.2) is 0 Å². The monoisotopic (exact) mass is 172 g/mol. The molecule has 0 aliphatic rings. The molecule has 0 fully saturated rings. The number of ether oxygens (including phenoxy) is 1. The van der Waals surface area contributed by atoms with Crippen LogP contribution in [0.25, 0.3) is 0 Å². The maximum atomic E-state index is 11.0. The van der Waals surface area contributed by atoms with Crippen LogP contribution in [0.5, 0.6) is 0 Å². The maximum Gasteiger partial charge on any atom is 0.308 e. The van der Waals surface area contributed by atoms with E-state index in [1.165, 1.54) is 13.5 Å². The van der Waals surface area contributed by atoms with Crippen molar-refractivity contribution in [3.05, 3.63) is 0 Å². The highest BCUT2D eigenvalue weighted by Gasteiger charge is 2.11. The molecule has 0 saturated carbocycles. The van der Waals surface area contributed by atoms with E-state index in [0.29, 0.717) is 0 Å². The molecule has 0 aliphatic carbocycles. The molecule has 0 rings (SSSR count). The van der Waals surface area contributed by atoms with Gasteiger partial charge in [-0.15, -0.1) is 0 Å². The SMILES string of the molecule is COC(=O)[C@H](C)CCCC(C)C. The van der Waals surface area contributed by atoms with E-state index in [1.807, 2.05) is 6.92 Å². The molecule has 2 nitrogen and oxygen atoms in total. The second kappa shape index (κ2) is 6.04. The zero-order valence-corrected chi connectivity index (χ0v) is 8.59. The number of hydrogen-bond donors (Lipinski definition) is 0. The fourth-order valence-electron chi connectivity index (χ4n) is 1.15. The number of methoxy groups -OCH3 is 1. The van der Waals surface area contributed by atoms with E-state index < -0.39 is 0 Å². The smallest absolute Gasteiger partial charge is 0.308 e. The molecule has 0 saturated heterocycles. The molecule has 12 heavy (non-hydrogen) atoms. The van der Waals surface area contributed by atoms with Crippen LogP contribution >= 0.6 is 0 Å². The first-order chi connectivity index (χ1) is 5.57. The van der Waals surface area contributed by atoms with Crippen LogP contribution in [0.4, 0.5) is 0 Å². The lowest BCUT2D eigenvalue weighted by Gasteiger charge is -2.09. The molecular weight excluding hydrogens is 152 g/mol. The molecular formula is C10H20O2. The highest BCUT2D eigenvalue weighted by molar-refractivity contribution is 5.71. The summed E-state index contributed by atoms with van der Waals surface area (Å²) in [5.41, 5.74) is 0. The third-order valence-corrected chi connectivity index (χ3v) is 2.02. The Bertz CT molecular complexity index is 130. The van der Waals surface area contributed by atoms with Gasteiger partial charge in [0.05, 0.1) is 13.0 Å². The first-order valence-electron chi connectivity index (χ1n) is 4.65. The molecule has 0 aromatic carbocycles. The molecule has 0 heterocycles. The molecule has 0 unspecified atom stereocenters. The second-order valence-electron chi connectivity index (χ2n) is 3.75. The average molecular weight is 172 g/mol. The summed E-state index contributed by atoms with van der Waals surface area (Å²) in [6, 6.07) is 0. The van der Waals surface area contributed by atoms with Gasteiger partial charge in [0.15, 0.2) is 0 Å². The van der Waals surface area contributed by atoms with E-state index in [2.05, 4.69) is 18.6 Å². The number of hydrogen-bond acceptors (Lipinski definition) is 2. The van der Waals surface area contributed by atoms with Gasteiger partial charge in [0.1, 0.15) is 0 Å². The summed E-state index contributed by atoms with van der Waals surface area (Å²) in [5, 5.41) is 0. The minimum absolute atomic E-state index is 0.0637. The number of esters is 1. The summed E-state index contributed by atoms with van der Waals surface area (Å²) >= 11 is 0. The van der Waals surface area contributed by atoms with Gasteiger partial charge in [-0.1, -0.05) is 33.6 Å². The van der Waals surface area contributed by atoms with Crippen molar-refractivity contribution in [1.82, 2.24) is 0 Å². The van der Waals surface area contributed by atoms with Crippen LogP contribution in [-0.2, 0) is 9.53 Å². The van der Waals surface area contributed by atoms with Gasteiger partial charge in [0, 0.05) is 0 Å². The second-order valence-corrected chi connectivity index (χ2v) is 3.75. The lowest BCUT2D eigenvalue weighted by atomic mass is 10.00. The Morgan fingerprint density at radius 1 is 1.25 bits per heavy atom. The Balaban J connectivity index is 3.43. The Kier molecular flexibility index (Phi) is 5.77. The zero-order chi connectivity index (χ0) is 9.56. The van der Waals surface area contributed by atoms with E-state index >= 15 is 0 Å². The quantitative estimate of drug-likeness (QED) is 0.596. The molecule has 0 bridgehead atoms. The Labute approximate surface area is 75.3 Å². The maximum absolute atomic E-state index is 11.0. The van der Waals surface area contributed by atoms with Crippen LogP contribution < -0.4 is 0 Å². The Hall–Kier alpha value is -0.530. The number of carbonyl (C=O) groups excluding carboxylic acids is 1. The van der Waals surface area contributed by atoms with Crippen molar-refractivity contribution in [3.8, 4) is 0 Å². The molecule has 1 atom stereocenters. The van der Waals surface area contributed by atoms with Crippen molar-refractivity contribution in [2.45, 2.75) is 40.0 Å². The summed E-state index contributed by atoms with van der Waals surface area (Å²) in [6.07, 6.45) is 3.26. The minimum Gasteiger partial charge on any atom is -0.469 e. The van der Waals surface area contributed by atoms with E-state index in [9.17, 15) is 4.79 Å². The van der Waals surface area contributed by atoms with E-state index in [4.69, 9.17) is 0 Å². The van der Waals surface area contributed by atoms with Crippen LogP contribution in [0, 0.1) is 11.8 Å². The predicted molar refractivity (Wildman–Crippen MR) is 49.9 cm³/mol. The van der Waals surface area contributed by atoms with E-state index in [1.54, 1.807) is 0 Å². The summed E-state index contributed by atoms with van der Waals surface area (Å²) in [7, 11) is 1.45. The molecule has 72 valence electrons. The van der Waals surface area contributed by atoms with Crippen molar-refractivity contribution >= 4 is 5.97 Å². The van der Waals surface area contributed by atoms with Gasteiger partial charge in [-0.2, -0.15) is 0 Å². The molecule has 0 aromatic rings. The first kappa shape index (κ1) is 11.5. The zero-order valence-electron chi connectivity index (χ0n) is 8.59. The molecule has 0 radical (unpaired) electrons. The first-order valence-corrected chi connectivity index (χ1v) is 4.65. The molecule has 0 N–H and O–H groups in total. The van der Waals surface area contributed by atoms with Gasteiger partial charge in [0.2, 0.25) is 0 Å². The third kappa shape index (κ3) is 5.16. The van der Waals surface area contributed by atoms with Gasteiger partial charge >= 0.3 is 5.97 Å². The number of carbonyl (C=O) groups is 1. The topological polar surface area (TPSA) is 26.3 Å². The van der Waals surface area contributed by atoms with Crippen molar-refractivity contribution in [2.75, 3.05) is 7.11 Å². The normalized spacial score (nSPS) is 13.1. The largest absolute Gasteiger partial charge is 0.469 e. The van der Waals surface area contributed by atoms with Gasteiger partial charge in [-0.25, -0.2) is 0 Å². The lowest BCUT2D eigenvalue weighted by molar-refractivity contribution is -0.145. The third-order valence-electron chi connectivity index (χ3n) is 2.02. The van der Waals surface area contributed by atoms with Crippen molar-refractivity contribution in [3.63, 3.8) is 0 Å². The Morgan fingerprint density at radius 3 is 2.25 bits per heavy atom. The van der Waals surface area contributed by atoms with Gasteiger partial charge in [0.25, 0.3) is 0 Å². The van der Waals surface area contributed by atoms with Gasteiger partial charge in [-0.3, -0.25) is 4.79 Å². The van der Waals surface area contributed by atoms with Crippen molar-refractivity contribution in [2.24, 2.45) is 11.8 Å². The van der Waals surface area contributed by atoms with Crippen LogP contribution in [-0.4, -0.2) is 13.1 Å². The highest BCUT2D eigenvalue weighted by Crippen LogP contribution is 2.12. The molecule has 0 aromatic heterocycles. The fourth-order valence-corrected chi connectivity index (χ4v) is 1.15. The fraction of sp³-hybridized carbons (Fsp3) is 0.900. The van der Waals surface area contributed by atoms with Crippen LogP contribution in [0.2, 0.25) is 0 Å². The van der Waals surface area contributed by atoms with Crippen LogP contribution in [0.1, 0.15) is 40.0 Å². The van der Waals surface area contributed by atoms with E-state index in [-0.39, 0.29) is 11.9 Å². The van der Waals surface area contributed by atoms with Crippen LogP contribution in [0.3, 0.4) is 0 Å². The van der Waals surface area contributed by atoms with Crippen molar-refractivity contribution in [1.29, 1.82) is 0 Å². The van der Waals surface area contributed by atoms with Crippen molar-refractivity contribution < 1.29 is 9.53 Å². The summed E-state index contributed by atoms with van der Waals surface area (Å²) in [6.45, 7) is 6.32. The van der Waals surface area contributed by atoms with Gasteiger partial charge in [-0.05, 0) is 12.3 Å². The van der Waals surface area contributed by atoms with E-state index in [0.717, 1.165) is 18.8 Å². The summed E-state index contributed by atoms with van der Waals surface area (Å²) < 4.78 is 4.63. The lowest BCUT2D eigenvalue weighted by Crippen LogP contribution is -2.12. The number of rotatable bonds is 5. The standard InChI is InChI=1S/C10H20O2/c1-8(2)6-5-7-9(3)10(11)12-4/h8-9H,5-7H2,1-4H3/t9-/m1/s1. The highest BCUT2D eigenvalue weighted by atomic mass is 16.5. The Morgan fingerprint density at radius 2 is 1.83 bits per heavy atom. The predicted octanol–water partition coefficient (Wildman–Crippen LogP) is 2.62. The molecule has 0 spiro atoms. The molecule has 0 amide bonds. The molecule has 2 heteroatoms. The minimum atomic E-state index is -0.0845. The molecule has 0 aliphatic heterocycles. The summed E-state index contributed by atoms with van der Waals surface area (Å²) in [4.78, 5) is 11.0.